The second-order valence-corrected chi connectivity index (χ2v) is 7.00. The van der Waals surface area contributed by atoms with E-state index in [0.717, 1.165) is 16.8 Å². The van der Waals surface area contributed by atoms with Crippen LogP contribution in [0.4, 0.5) is 0 Å². The van der Waals surface area contributed by atoms with Gasteiger partial charge in [0, 0.05) is 35.4 Å². The molecule has 0 bridgehead atoms. The molecule has 0 saturated heterocycles. The summed E-state index contributed by atoms with van der Waals surface area (Å²) >= 11 is 6.00. The molecular formula is C23H22ClNO3. The van der Waals surface area contributed by atoms with E-state index >= 15 is 0 Å². The summed E-state index contributed by atoms with van der Waals surface area (Å²) in [6.45, 7) is 4.38. The van der Waals surface area contributed by atoms with Crippen LogP contribution in [0.3, 0.4) is 0 Å². The SMILES string of the molecule is CCOC(=O)c1c(Cc2ccc(Cl)cc2)n(Cc2ccccc2)c(C)cc1=O. The van der Waals surface area contributed by atoms with Crippen molar-refractivity contribution in [2.75, 3.05) is 6.61 Å². The first kappa shape index (κ1) is 19.9. The Balaban J connectivity index is 2.15. The van der Waals surface area contributed by atoms with E-state index in [4.69, 9.17) is 16.3 Å². The topological polar surface area (TPSA) is 48.3 Å². The average Bonchev–Trinajstić information content (AvgIpc) is 2.67. The molecule has 0 fully saturated rings. The molecule has 0 N–H and O–H groups in total. The van der Waals surface area contributed by atoms with Crippen LogP contribution < -0.4 is 5.43 Å². The maximum Gasteiger partial charge on any atom is 0.343 e. The molecule has 0 atom stereocenters. The van der Waals surface area contributed by atoms with E-state index < -0.39 is 5.97 Å². The maximum absolute atomic E-state index is 12.7. The van der Waals surface area contributed by atoms with Crippen molar-refractivity contribution in [3.63, 3.8) is 0 Å². The third kappa shape index (κ3) is 4.52. The van der Waals surface area contributed by atoms with Crippen LogP contribution in [-0.4, -0.2) is 17.1 Å². The van der Waals surface area contributed by atoms with Gasteiger partial charge in [0.1, 0.15) is 5.56 Å². The lowest BCUT2D eigenvalue weighted by molar-refractivity contribution is 0.0522. The third-order valence-corrected chi connectivity index (χ3v) is 4.83. The minimum Gasteiger partial charge on any atom is -0.462 e. The van der Waals surface area contributed by atoms with Crippen molar-refractivity contribution in [2.24, 2.45) is 0 Å². The molecule has 0 spiro atoms. The van der Waals surface area contributed by atoms with Gasteiger partial charge in [0.2, 0.25) is 0 Å². The van der Waals surface area contributed by atoms with Gasteiger partial charge < -0.3 is 9.30 Å². The summed E-state index contributed by atoms with van der Waals surface area (Å²) in [6, 6.07) is 18.8. The van der Waals surface area contributed by atoms with Crippen molar-refractivity contribution in [3.05, 3.63) is 104 Å². The first-order valence-electron chi connectivity index (χ1n) is 9.18. The van der Waals surface area contributed by atoms with Gasteiger partial charge in [-0.3, -0.25) is 4.79 Å². The number of hydrogen-bond acceptors (Lipinski definition) is 3. The van der Waals surface area contributed by atoms with Gasteiger partial charge in [0.15, 0.2) is 5.43 Å². The van der Waals surface area contributed by atoms with Crippen molar-refractivity contribution in [2.45, 2.75) is 26.8 Å². The highest BCUT2D eigenvalue weighted by atomic mass is 35.5. The lowest BCUT2D eigenvalue weighted by Gasteiger charge is -2.20. The van der Waals surface area contributed by atoms with Gasteiger partial charge in [0.25, 0.3) is 0 Å². The van der Waals surface area contributed by atoms with Crippen molar-refractivity contribution < 1.29 is 9.53 Å². The Morgan fingerprint density at radius 1 is 1.04 bits per heavy atom. The Labute approximate surface area is 169 Å². The fourth-order valence-corrected chi connectivity index (χ4v) is 3.34. The van der Waals surface area contributed by atoms with Gasteiger partial charge in [-0.25, -0.2) is 4.79 Å². The Morgan fingerprint density at radius 3 is 2.36 bits per heavy atom. The number of rotatable bonds is 6. The minimum atomic E-state index is -0.585. The summed E-state index contributed by atoms with van der Waals surface area (Å²) in [4.78, 5) is 25.3. The molecule has 5 heteroatoms. The molecule has 0 radical (unpaired) electrons. The summed E-state index contributed by atoms with van der Waals surface area (Å²) < 4.78 is 7.19. The molecule has 4 nitrogen and oxygen atoms in total. The number of halogens is 1. The largest absolute Gasteiger partial charge is 0.462 e. The number of aromatic nitrogens is 1. The number of nitrogens with zero attached hydrogens (tertiary/aromatic N) is 1. The van der Waals surface area contributed by atoms with E-state index in [0.29, 0.717) is 23.7 Å². The molecule has 0 aliphatic carbocycles. The molecule has 28 heavy (non-hydrogen) atoms. The van der Waals surface area contributed by atoms with Gasteiger partial charge in [-0.2, -0.15) is 0 Å². The zero-order valence-electron chi connectivity index (χ0n) is 15.9. The zero-order chi connectivity index (χ0) is 20.1. The highest BCUT2D eigenvalue weighted by molar-refractivity contribution is 6.30. The van der Waals surface area contributed by atoms with Crippen molar-refractivity contribution >= 4 is 17.6 Å². The van der Waals surface area contributed by atoms with Crippen molar-refractivity contribution in [1.82, 2.24) is 4.57 Å². The zero-order valence-corrected chi connectivity index (χ0v) is 16.7. The van der Waals surface area contributed by atoms with E-state index in [1.807, 2.05) is 54.0 Å². The number of ether oxygens (including phenoxy) is 1. The summed E-state index contributed by atoms with van der Waals surface area (Å²) in [6.07, 6.45) is 0.426. The Kier molecular flexibility index (Phi) is 6.32. The standard InChI is InChI=1S/C23H22ClNO3/c1-3-28-23(27)22-20(14-17-9-11-19(24)12-10-17)25(16(2)13-21(22)26)15-18-7-5-4-6-8-18/h4-13H,3,14-15H2,1-2H3. The molecular weight excluding hydrogens is 374 g/mol. The summed E-state index contributed by atoms with van der Waals surface area (Å²) in [5.41, 5.74) is 3.27. The van der Waals surface area contributed by atoms with Crippen molar-refractivity contribution in [1.29, 1.82) is 0 Å². The monoisotopic (exact) mass is 395 g/mol. The first-order chi connectivity index (χ1) is 13.5. The highest BCUT2D eigenvalue weighted by Crippen LogP contribution is 2.19. The van der Waals surface area contributed by atoms with E-state index in [1.54, 1.807) is 19.1 Å². The van der Waals surface area contributed by atoms with Crippen LogP contribution in [0, 0.1) is 6.92 Å². The minimum absolute atomic E-state index is 0.0957. The number of carbonyl (C=O) groups excluding carboxylic acids is 1. The molecule has 2 aromatic carbocycles. The Hall–Kier alpha value is -2.85. The quantitative estimate of drug-likeness (QED) is 0.572. The molecule has 1 heterocycles. The van der Waals surface area contributed by atoms with Crippen molar-refractivity contribution in [3.8, 4) is 0 Å². The van der Waals surface area contributed by atoms with Crippen LogP contribution in [0.5, 0.6) is 0 Å². The van der Waals surface area contributed by atoms with E-state index in [2.05, 4.69) is 0 Å². The predicted octanol–water partition coefficient (Wildman–Crippen LogP) is 4.63. The number of benzene rings is 2. The lowest BCUT2D eigenvalue weighted by atomic mass is 10.0. The van der Waals surface area contributed by atoms with Crippen LogP contribution in [0.2, 0.25) is 5.02 Å². The summed E-state index contributed by atoms with van der Waals surface area (Å²) in [7, 11) is 0. The second kappa shape index (κ2) is 8.89. The van der Waals surface area contributed by atoms with E-state index in [9.17, 15) is 9.59 Å². The number of hydrogen-bond donors (Lipinski definition) is 0. The molecule has 0 saturated carbocycles. The lowest BCUT2D eigenvalue weighted by Crippen LogP contribution is -2.26. The first-order valence-corrected chi connectivity index (χ1v) is 9.56. The molecule has 0 aliphatic heterocycles. The summed E-state index contributed by atoms with van der Waals surface area (Å²) in [5.74, 6) is -0.585. The predicted molar refractivity (Wildman–Crippen MR) is 111 cm³/mol. The van der Waals surface area contributed by atoms with Crippen LogP contribution in [0.25, 0.3) is 0 Å². The number of aryl methyl sites for hydroxylation is 1. The van der Waals surface area contributed by atoms with Gasteiger partial charge >= 0.3 is 5.97 Å². The number of pyridine rings is 1. The van der Waals surface area contributed by atoms with Gasteiger partial charge in [0.05, 0.1) is 6.61 Å². The van der Waals surface area contributed by atoms with Gasteiger partial charge in [-0.05, 0) is 37.1 Å². The molecule has 0 unspecified atom stereocenters. The molecule has 3 rings (SSSR count). The normalized spacial score (nSPS) is 10.7. The molecule has 3 aromatic rings. The van der Waals surface area contributed by atoms with Crippen LogP contribution in [0.1, 0.15) is 39.8 Å². The van der Waals surface area contributed by atoms with Crippen LogP contribution in [-0.2, 0) is 17.7 Å². The number of esters is 1. The van der Waals surface area contributed by atoms with Crippen LogP contribution in [0.15, 0.2) is 65.5 Å². The number of carbonyl (C=O) groups is 1. The van der Waals surface area contributed by atoms with Gasteiger partial charge in [-0.15, -0.1) is 0 Å². The maximum atomic E-state index is 12.7. The average molecular weight is 396 g/mol. The van der Waals surface area contributed by atoms with E-state index in [1.165, 1.54) is 6.07 Å². The molecule has 0 aliphatic rings. The van der Waals surface area contributed by atoms with Crippen LogP contribution >= 0.6 is 11.6 Å². The second-order valence-electron chi connectivity index (χ2n) is 6.57. The molecule has 144 valence electrons. The Morgan fingerprint density at radius 2 is 1.71 bits per heavy atom. The highest BCUT2D eigenvalue weighted by Gasteiger charge is 2.21. The fourth-order valence-electron chi connectivity index (χ4n) is 3.22. The Bertz CT molecular complexity index is 1020. The third-order valence-electron chi connectivity index (χ3n) is 4.57. The molecule has 1 aromatic heterocycles. The van der Waals surface area contributed by atoms with E-state index in [-0.39, 0.29) is 17.6 Å². The smallest absolute Gasteiger partial charge is 0.343 e. The molecule has 0 amide bonds. The fraction of sp³-hybridized carbons (Fsp3) is 0.217. The summed E-state index contributed by atoms with van der Waals surface area (Å²) in [5, 5.41) is 0.639. The van der Waals surface area contributed by atoms with Gasteiger partial charge in [-0.1, -0.05) is 54.1 Å².